The first kappa shape index (κ1) is 16.4. The van der Waals surface area contributed by atoms with Gasteiger partial charge in [-0.3, -0.25) is 4.79 Å². The van der Waals surface area contributed by atoms with Gasteiger partial charge in [0.2, 0.25) is 0 Å². The number of carbonyl (C=O) groups is 2. The highest BCUT2D eigenvalue weighted by molar-refractivity contribution is 6.00. The summed E-state index contributed by atoms with van der Waals surface area (Å²) in [5, 5.41) is 8.53. The summed E-state index contributed by atoms with van der Waals surface area (Å²) in [6, 6.07) is 0. The molecule has 100 valence electrons. The molecule has 0 aromatic carbocycles. The van der Waals surface area contributed by atoms with Crippen LogP contribution in [0.3, 0.4) is 0 Å². The van der Waals surface area contributed by atoms with Gasteiger partial charge < -0.3 is 5.11 Å². The Hall–Kier alpha value is -1.64. The number of carboxylic acid groups (broad SMARTS) is 1. The Kier molecular flexibility index (Phi) is 7.68. The summed E-state index contributed by atoms with van der Waals surface area (Å²) < 4.78 is 0. The lowest BCUT2D eigenvalue weighted by Gasteiger charge is -2.02. The van der Waals surface area contributed by atoms with Gasteiger partial charge in [0.1, 0.15) is 0 Å². The molecule has 0 rings (SSSR count). The second-order valence-electron chi connectivity index (χ2n) is 4.65. The maximum atomic E-state index is 11.6. The van der Waals surface area contributed by atoms with E-state index in [1.807, 2.05) is 19.9 Å². The molecule has 0 aliphatic carbocycles. The van der Waals surface area contributed by atoms with Gasteiger partial charge >= 0.3 is 5.97 Å². The molecule has 1 N–H and O–H groups in total. The molecule has 0 amide bonds. The number of hydrogen-bond acceptors (Lipinski definition) is 2. The van der Waals surface area contributed by atoms with Crippen LogP contribution >= 0.6 is 0 Å². The van der Waals surface area contributed by atoms with Crippen molar-refractivity contribution < 1.29 is 14.7 Å². The zero-order valence-corrected chi connectivity index (χ0v) is 11.5. The molecule has 0 fully saturated rings. The number of aliphatic carboxylic acids is 1. The molecule has 0 aliphatic rings. The van der Waals surface area contributed by atoms with Crippen LogP contribution in [0.4, 0.5) is 0 Å². The number of carbonyl (C=O) groups excluding carboxylic acids is 1. The van der Waals surface area contributed by atoms with E-state index < -0.39 is 5.97 Å². The Balaban J connectivity index is 4.17. The number of ketones is 1. The summed E-state index contributed by atoms with van der Waals surface area (Å²) in [4.78, 5) is 22.0. The number of Topliss-reactive ketones (excluding diaryl/α,β-unsaturated/α-hetero) is 1. The zero-order chi connectivity index (χ0) is 14.1. The van der Waals surface area contributed by atoms with Crippen molar-refractivity contribution in [3.05, 3.63) is 35.5 Å². The lowest BCUT2D eigenvalue weighted by molar-refractivity contribution is -0.131. The molecule has 0 radical (unpaired) electrons. The monoisotopic (exact) mass is 250 g/mol. The van der Waals surface area contributed by atoms with Crippen LogP contribution in [-0.2, 0) is 9.59 Å². The fraction of sp³-hybridized carbons (Fsp3) is 0.467. The smallest absolute Gasteiger partial charge is 0.328 e. The first-order valence-electron chi connectivity index (χ1n) is 6.07. The van der Waals surface area contributed by atoms with Crippen LogP contribution < -0.4 is 0 Å². The quantitative estimate of drug-likeness (QED) is 0.528. The van der Waals surface area contributed by atoms with Crippen LogP contribution in [0.1, 0.15) is 46.5 Å². The van der Waals surface area contributed by atoms with Crippen LogP contribution in [0, 0.1) is 0 Å². The molecule has 3 nitrogen and oxygen atoms in total. The molecule has 0 atom stereocenters. The van der Waals surface area contributed by atoms with Crippen LogP contribution in [0.15, 0.2) is 35.5 Å². The van der Waals surface area contributed by atoms with Crippen LogP contribution in [0.25, 0.3) is 0 Å². The van der Waals surface area contributed by atoms with Gasteiger partial charge in [-0.05, 0) is 45.6 Å². The van der Waals surface area contributed by atoms with Gasteiger partial charge in [0.15, 0.2) is 5.78 Å². The van der Waals surface area contributed by atoms with Gasteiger partial charge in [-0.1, -0.05) is 17.2 Å². The lowest BCUT2D eigenvalue weighted by Crippen LogP contribution is -2.01. The highest BCUT2D eigenvalue weighted by Gasteiger charge is 2.04. The summed E-state index contributed by atoms with van der Waals surface area (Å²) in [5.41, 5.74) is 2.61. The van der Waals surface area contributed by atoms with Gasteiger partial charge in [0.05, 0.1) is 0 Å². The Morgan fingerprint density at radius 1 is 1.17 bits per heavy atom. The molecule has 0 aliphatic heterocycles. The van der Waals surface area contributed by atoms with E-state index in [-0.39, 0.29) is 17.8 Å². The first-order chi connectivity index (χ1) is 8.32. The minimum absolute atomic E-state index is 0.142. The Morgan fingerprint density at radius 3 is 2.28 bits per heavy atom. The fourth-order valence-corrected chi connectivity index (χ4v) is 1.46. The molecule has 0 bridgehead atoms. The van der Waals surface area contributed by atoms with Crippen molar-refractivity contribution in [1.29, 1.82) is 0 Å². The lowest BCUT2D eigenvalue weighted by atomic mass is 10.0. The number of rotatable bonds is 8. The molecule has 0 spiro atoms. The van der Waals surface area contributed by atoms with Crippen molar-refractivity contribution in [3.8, 4) is 0 Å². The summed E-state index contributed by atoms with van der Waals surface area (Å²) in [7, 11) is 0. The molecule has 0 saturated heterocycles. The summed E-state index contributed by atoms with van der Waals surface area (Å²) in [5.74, 6) is -1.22. The van der Waals surface area contributed by atoms with Crippen LogP contribution in [0.2, 0.25) is 0 Å². The number of hydrogen-bond donors (Lipinski definition) is 1. The summed E-state index contributed by atoms with van der Waals surface area (Å²) >= 11 is 0. The Labute approximate surface area is 109 Å². The highest BCUT2D eigenvalue weighted by Crippen LogP contribution is 2.11. The summed E-state index contributed by atoms with van der Waals surface area (Å²) in [6.45, 7) is 9.36. The standard InChI is InChI=1S/C15H22O3/c1-11(2)6-5-7-12(3)8-9-14(16)13(4)10-15(17)18/h8,10H,1,5-7,9H2,2-4H3,(H,17,18). The second kappa shape index (κ2) is 8.45. The van der Waals surface area contributed by atoms with Gasteiger partial charge in [0, 0.05) is 12.5 Å². The normalized spacial score (nSPS) is 12.4. The van der Waals surface area contributed by atoms with Gasteiger partial charge in [-0.15, -0.1) is 6.58 Å². The number of carboxylic acids is 1. The maximum absolute atomic E-state index is 11.6. The molecular weight excluding hydrogens is 228 g/mol. The van der Waals surface area contributed by atoms with Crippen molar-refractivity contribution in [2.45, 2.75) is 46.5 Å². The van der Waals surface area contributed by atoms with Crippen molar-refractivity contribution in [2.75, 3.05) is 0 Å². The molecule has 0 aromatic rings. The fourth-order valence-electron chi connectivity index (χ4n) is 1.46. The molecule has 0 unspecified atom stereocenters. The second-order valence-corrected chi connectivity index (χ2v) is 4.65. The van der Waals surface area contributed by atoms with Crippen LogP contribution in [0.5, 0.6) is 0 Å². The summed E-state index contributed by atoms with van der Waals surface area (Å²) in [6.07, 6.45) is 6.08. The predicted octanol–water partition coefficient (Wildman–Crippen LogP) is 3.67. The third kappa shape index (κ3) is 8.50. The van der Waals surface area contributed by atoms with E-state index >= 15 is 0 Å². The Bertz CT molecular complexity index is 387. The zero-order valence-electron chi connectivity index (χ0n) is 11.5. The average molecular weight is 250 g/mol. The van der Waals surface area contributed by atoms with Gasteiger partial charge in [-0.2, -0.15) is 0 Å². The number of allylic oxidation sites excluding steroid dienone is 4. The topological polar surface area (TPSA) is 54.4 Å². The van der Waals surface area contributed by atoms with Gasteiger partial charge in [0.25, 0.3) is 0 Å². The SMILES string of the molecule is C=C(C)CCCC(C)=CCC(=O)C(C)=CC(=O)O. The largest absolute Gasteiger partial charge is 0.478 e. The van der Waals surface area contributed by atoms with Crippen LogP contribution in [-0.4, -0.2) is 16.9 Å². The first-order valence-corrected chi connectivity index (χ1v) is 6.07. The molecule has 0 aromatic heterocycles. The van der Waals surface area contributed by atoms with E-state index in [1.165, 1.54) is 12.5 Å². The van der Waals surface area contributed by atoms with Crippen molar-refractivity contribution >= 4 is 11.8 Å². The highest BCUT2D eigenvalue weighted by atomic mass is 16.4. The van der Waals surface area contributed by atoms with E-state index in [0.717, 1.165) is 30.9 Å². The van der Waals surface area contributed by atoms with E-state index in [0.29, 0.717) is 0 Å². The molecular formula is C15H22O3. The van der Waals surface area contributed by atoms with E-state index in [2.05, 4.69) is 6.58 Å². The minimum atomic E-state index is -1.08. The van der Waals surface area contributed by atoms with Gasteiger partial charge in [-0.25, -0.2) is 4.79 Å². The minimum Gasteiger partial charge on any atom is -0.478 e. The molecule has 18 heavy (non-hydrogen) atoms. The average Bonchev–Trinajstić information content (AvgIpc) is 2.24. The Morgan fingerprint density at radius 2 is 1.78 bits per heavy atom. The van der Waals surface area contributed by atoms with E-state index in [4.69, 9.17) is 5.11 Å². The maximum Gasteiger partial charge on any atom is 0.328 e. The van der Waals surface area contributed by atoms with Crippen molar-refractivity contribution in [1.82, 2.24) is 0 Å². The molecule has 3 heteroatoms. The van der Waals surface area contributed by atoms with E-state index in [1.54, 1.807) is 0 Å². The van der Waals surface area contributed by atoms with Crippen molar-refractivity contribution in [3.63, 3.8) is 0 Å². The third-order valence-corrected chi connectivity index (χ3v) is 2.59. The predicted molar refractivity (Wildman–Crippen MR) is 73.4 cm³/mol. The molecule has 0 heterocycles. The van der Waals surface area contributed by atoms with E-state index in [9.17, 15) is 9.59 Å². The third-order valence-electron chi connectivity index (χ3n) is 2.59. The molecule has 0 saturated carbocycles. The van der Waals surface area contributed by atoms with Crippen molar-refractivity contribution in [2.24, 2.45) is 0 Å².